The number of nitrogens with two attached hydrogens (primary N) is 2. The summed E-state index contributed by atoms with van der Waals surface area (Å²) >= 11 is 0. The normalized spacial score (nSPS) is 12.6. The Kier molecular flexibility index (Phi) is 9.64. The van der Waals surface area contributed by atoms with Crippen molar-refractivity contribution in [2.75, 3.05) is 54.4 Å². The molecule has 0 saturated heterocycles. The Balaban J connectivity index is 1.61. The number of hydrogen-bond acceptors (Lipinski definition) is 5. The minimum atomic E-state index is 0.566. The monoisotopic (exact) mass is 474 g/mol. The standard InChI is InChI=1S/C28H38N6O/c1-33(2)17-5-15-31-27(29)23-11-7-21(8-12-23)25-19-26(35-20-25)22-9-13-24(14-10-22)28(30)32-16-6-18-34(3)4/h7-14,19-20H,5-6,15-18H2,1-4H3,(H2,29,31)(H2,30,32). The molecule has 2 aromatic carbocycles. The van der Waals surface area contributed by atoms with E-state index in [-0.39, 0.29) is 0 Å². The largest absolute Gasteiger partial charge is 0.464 e. The first-order valence-corrected chi connectivity index (χ1v) is 12.0. The van der Waals surface area contributed by atoms with Crippen LogP contribution in [0.5, 0.6) is 0 Å². The predicted octanol–water partition coefficient (Wildman–Crippen LogP) is 3.93. The quantitative estimate of drug-likeness (QED) is 0.236. The van der Waals surface area contributed by atoms with Crippen LogP contribution in [-0.4, -0.2) is 75.8 Å². The Hall–Kier alpha value is -3.42. The van der Waals surface area contributed by atoms with Gasteiger partial charge in [0.15, 0.2) is 0 Å². The highest BCUT2D eigenvalue weighted by atomic mass is 16.3. The third kappa shape index (κ3) is 8.09. The summed E-state index contributed by atoms with van der Waals surface area (Å²) in [7, 11) is 8.23. The highest BCUT2D eigenvalue weighted by Crippen LogP contribution is 2.29. The fourth-order valence-corrected chi connectivity index (χ4v) is 3.63. The van der Waals surface area contributed by atoms with Gasteiger partial charge in [-0.3, -0.25) is 9.98 Å². The maximum absolute atomic E-state index is 6.16. The highest BCUT2D eigenvalue weighted by molar-refractivity contribution is 5.98. The van der Waals surface area contributed by atoms with Crippen molar-refractivity contribution in [3.05, 3.63) is 72.0 Å². The van der Waals surface area contributed by atoms with Gasteiger partial charge in [-0.2, -0.15) is 0 Å². The molecule has 0 spiro atoms. The molecule has 3 aromatic rings. The third-order valence-corrected chi connectivity index (χ3v) is 5.67. The zero-order valence-electron chi connectivity index (χ0n) is 21.4. The van der Waals surface area contributed by atoms with Gasteiger partial charge in [-0.1, -0.05) is 48.5 Å². The van der Waals surface area contributed by atoms with Crippen LogP contribution < -0.4 is 11.5 Å². The lowest BCUT2D eigenvalue weighted by Crippen LogP contribution is -2.16. The van der Waals surface area contributed by atoms with Gasteiger partial charge in [-0.25, -0.2) is 0 Å². The van der Waals surface area contributed by atoms with E-state index < -0.39 is 0 Å². The molecule has 35 heavy (non-hydrogen) atoms. The first kappa shape index (κ1) is 26.2. The zero-order chi connectivity index (χ0) is 25.2. The van der Waals surface area contributed by atoms with Gasteiger partial charge in [0.2, 0.25) is 0 Å². The van der Waals surface area contributed by atoms with E-state index in [0.717, 1.165) is 72.6 Å². The molecule has 0 fully saturated rings. The molecule has 1 heterocycles. The number of amidine groups is 2. The Morgan fingerprint density at radius 2 is 1.14 bits per heavy atom. The maximum Gasteiger partial charge on any atom is 0.134 e. The molecule has 7 heteroatoms. The van der Waals surface area contributed by atoms with Crippen LogP contribution in [0.15, 0.2) is 75.3 Å². The van der Waals surface area contributed by atoms with Crippen LogP contribution in [0.25, 0.3) is 22.5 Å². The molecule has 0 amide bonds. The fourth-order valence-electron chi connectivity index (χ4n) is 3.63. The molecule has 0 aliphatic heterocycles. The van der Waals surface area contributed by atoms with Crippen LogP contribution >= 0.6 is 0 Å². The molecule has 0 bridgehead atoms. The van der Waals surface area contributed by atoms with Crippen molar-refractivity contribution >= 4 is 11.7 Å². The summed E-state index contributed by atoms with van der Waals surface area (Å²) in [5.74, 6) is 1.94. The van der Waals surface area contributed by atoms with Crippen LogP contribution in [0, 0.1) is 0 Å². The average Bonchev–Trinajstić information content (AvgIpc) is 3.34. The van der Waals surface area contributed by atoms with Crippen LogP contribution in [0.3, 0.4) is 0 Å². The molecular weight excluding hydrogens is 436 g/mol. The molecule has 7 nitrogen and oxygen atoms in total. The first-order chi connectivity index (χ1) is 16.8. The molecular formula is C28H38N6O. The van der Waals surface area contributed by atoms with Crippen molar-refractivity contribution in [1.29, 1.82) is 0 Å². The Bertz CT molecular complexity index is 1020. The number of aliphatic imine (C=N–C) groups is 2. The van der Waals surface area contributed by atoms with Crippen LogP contribution in [0.2, 0.25) is 0 Å². The summed E-state index contributed by atoms with van der Waals surface area (Å²) in [6, 6.07) is 18.1. The Morgan fingerprint density at radius 1 is 0.686 bits per heavy atom. The van der Waals surface area contributed by atoms with E-state index in [4.69, 9.17) is 15.9 Å². The van der Waals surface area contributed by atoms with Crippen LogP contribution in [0.1, 0.15) is 24.0 Å². The van der Waals surface area contributed by atoms with E-state index in [1.165, 1.54) is 0 Å². The van der Waals surface area contributed by atoms with Gasteiger partial charge >= 0.3 is 0 Å². The molecule has 0 atom stereocenters. The van der Waals surface area contributed by atoms with Crippen molar-refractivity contribution in [3.63, 3.8) is 0 Å². The third-order valence-electron chi connectivity index (χ3n) is 5.67. The van der Waals surface area contributed by atoms with E-state index >= 15 is 0 Å². The number of hydrogen-bond donors (Lipinski definition) is 2. The van der Waals surface area contributed by atoms with Gasteiger partial charge in [0.25, 0.3) is 0 Å². The molecule has 0 aliphatic carbocycles. The Labute approximate surface area is 209 Å². The van der Waals surface area contributed by atoms with E-state index in [2.05, 4.69) is 48.0 Å². The lowest BCUT2D eigenvalue weighted by molar-refractivity contribution is 0.403. The molecule has 3 rings (SSSR count). The van der Waals surface area contributed by atoms with Gasteiger partial charge < -0.3 is 25.7 Å². The van der Waals surface area contributed by atoms with Crippen molar-refractivity contribution in [2.24, 2.45) is 21.5 Å². The van der Waals surface area contributed by atoms with Gasteiger partial charge in [0.1, 0.15) is 17.4 Å². The Morgan fingerprint density at radius 3 is 1.60 bits per heavy atom. The summed E-state index contributed by atoms with van der Waals surface area (Å²) in [5.41, 5.74) is 17.2. The van der Waals surface area contributed by atoms with Gasteiger partial charge in [-0.05, 0) is 65.8 Å². The lowest BCUT2D eigenvalue weighted by Gasteiger charge is -2.07. The summed E-state index contributed by atoms with van der Waals surface area (Å²) < 4.78 is 5.85. The topological polar surface area (TPSA) is 96.4 Å². The maximum atomic E-state index is 6.16. The molecule has 186 valence electrons. The molecule has 0 aliphatic rings. The van der Waals surface area contributed by atoms with Crippen molar-refractivity contribution in [2.45, 2.75) is 12.8 Å². The first-order valence-electron chi connectivity index (χ1n) is 12.0. The minimum absolute atomic E-state index is 0.566. The smallest absolute Gasteiger partial charge is 0.134 e. The second-order valence-electron chi connectivity index (χ2n) is 9.20. The highest BCUT2D eigenvalue weighted by Gasteiger charge is 2.08. The summed E-state index contributed by atoms with van der Waals surface area (Å²) in [6.45, 7) is 3.44. The van der Waals surface area contributed by atoms with E-state index in [0.29, 0.717) is 11.7 Å². The second kappa shape index (κ2) is 12.9. The summed E-state index contributed by atoms with van der Waals surface area (Å²) in [6.07, 6.45) is 3.75. The van der Waals surface area contributed by atoms with Crippen molar-refractivity contribution in [3.8, 4) is 22.5 Å². The summed E-state index contributed by atoms with van der Waals surface area (Å²) in [5, 5.41) is 0. The molecule has 0 radical (unpaired) electrons. The average molecular weight is 475 g/mol. The van der Waals surface area contributed by atoms with Crippen LogP contribution in [0.4, 0.5) is 0 Å². The number of benzene rings is 2. The molecule has 0 saturated carbocycles. The number of furan rings is 1. The van der Waals surface area contributed by atoms with Gasteiger partial charge in [0.05, 0.1) is 6.26 Å². The van der Waals surface area contributed by atoms with Gasteiger partial charge in [-0.15, -0.1) is 0 Å². The van der Waals surface area contributed by atoms with Gasteiger partial charge in [0, 0.05) is 35.3 Å². The molecule has 0 unspecified atom stereocenters. The molecule has 4 N–H and O–H groups in total. The van der Waals surface area contributed by atoms with E-state index in [9.17, 15) is 0 Å². The predicted molar refractivity (Wildman–Crippen MR) is 147 cm³/mol. The van der Waals surface area contributed by atoms with Crippen molar-refractivity contribution in [1.82, 2.24) is 9.80 Å². The van der Waals surface area contributed by atoms with E-state index in [1.54, 1.807) is 6.26 Å². The number of nitrogens with zero attached hydrogens (tertiary/aromatic N) is 4. The van der Waals surface area contributed by atoms with E-state index in [1.807, 2.05) is 54.6 Å². The summed E-state index contributed by atoms with van der Waals surface area (Å²) in [4.78, 5) is 13.3. The SMILES string of the molecule is CN(C)CCCN=C(N)c1ccc(-c2coc(-c3ccc(C(N)=NCCCN(C)C)cc3)c2)cc1. The lowest BCUT2D eigenvalue weighted by atomic mass is 10.0. The fraction of sp³-hybridized carbons (Fsp3) is 0.357. The minimum Gasteiger partial charge on any atom is -0.464 e. The number of rotatable bonds is 12. The second-order valence-corrected chi connectivity index (χ2v) is 9.20. The van der Waals surface area contributed by atoms with Crippen molar-refractivity contribution < 1.29 is 4.42 Å². The molecule has 1 aromatic heterocycles. The zero-order valence-corrected chi connectivity index (χ0v) is 21.4. The van der Waals surface area contributed by atoms with Crippen LogP contribution in [-0.2, 0) is 0 Å².